The Morgan fingerprint density at radius 3 is 2.45 bits per heavy atom. The van der Waals surface area contributed by atoms with Gasteiger partial charge in [0.1, 0.15) is 13.7 Å². The van der Waals surface area contributed by atoms with E-state index in [2.05, 4.69) is 4.98 Å². The Bertz CT molecular complexity index is 1350. The number of hydrogen-bond donors (Lipinski definition) is 0. The first-order valence-electron chi connectivity index (χ1n) is 9.19. The van der Waals surface area contributed by atoms with Crippen LogP contribution < -0.4 is 16.7 Å². The van der Waals surface area contributed by atoms with E-state index in [0.29, 0.717) is 29.0 Å². The van der Waals surface area contributed by atoms with Crippen LogP contribution in [-0.4, -0.2) is 26.5 Å². The lowest BCUT2D eigenvalue weighted by Gasteiger charge is -2.09. The number of aromatic nitrogens is 4. The van der Waals surface area contributed by atoms with Crippen molar-refractivity contribution in [3.8, 4) is 0 Å². The minimum Gasteiger partial charge on any atom is -0.314 e. The average molecular weight is 382 g/mol. The van der Waals surface area contributed by atoms with Crippen LogP contribution in [0.2, 0.25) is 0 Å². The van der Waals surface area contributed by atoms with Crippen LogP contribution in [0.4, 0.5) is 0 Å². The summed E-state index contributed by atoms with van der Waals surface area (Å²) in [6.07, 6.45) is 3.78. The lowest BCUT2D eigenvalue weighted by molar-refractivity contribution is 0.702. The first-order valence-corrected chi connectivity index (χ1v) is 9.19. The van der Waals surface area contributed by atoms with Crippen LogP contribution in [0.25, 0.3) is 23.3 Å². The molecular formula is C22H19BN4O2. The van der Waals surface area contributed by atoms with E-state index >= 15 is 0 Å². The molecule has 4 aromatic rings. The molecule has 2 aromatic heterocycles. The highest BCUT2D eigenvalue weighted by Gasteiger charge is 2.18. The quantitative estimate of drug-likeness (QED) is 0.502. The molecule has 0 N–H and O–H groups in total. The molecule has 0 amide bonds. The molecule has 7 heteroatoms. The molecule has 0 aliphatic rings. The maximum atomic E-state index is 12.9. The molecule has 0 aliphatic heterocycles. The van der Waals surface area contributed by atoms with Crippen molar-refractivity contribution < 1.29 is 0 Å². The van der Waals surface area contributed by atoms with Gasteiger partial charge < -0.3 is 4.57 Å². The van der Waals surface area contributed by atoms with Gasteiger partial charge in [-0.1, -0.05) is 66.1 Å². The van der Waals surface area contributed by atoms with E-state index in [0.717, 1.165) is 15.7 Å². The molecule has 2 aromatic carbocycles. The van der Waals surface area contributed by atoms with E-state index in [9.17, 15) is 9.59 Å². The lowest BCUT2D eigenvalue weighted by Crippen LogP contribution is -2.37. The Kier molecular flexibility index (Phi) is 4.80. The molecule has 142 valence electrons. The third kappa shape index (κ3) is 3.47. The summed E-state index contributed by atoms with van der Waals surface area (Å²) in [5, 5.41) is 0. The normalized spacial score (nSPS) is 11.5. The zero-order valence-electron chi connectivity index (χ0n) is 16.2. The van der Waals surface area contributed by atoms with E-state index in [1.807, 2.05) is 71.3 Å². The second kappa shape index (κ2) is 7.43. The largest absolute Gasteiger partial charge is 0.332 e. The molecule has 6 nitrogen and oxygen atoms in total. The minimum absolute atomic E-state index is 0.356. The van der Waals surface area contributed by atoms with E-state index in [1.165, 1.54) is 11.6 Å². The summed E-state index contributed by atoms with van der Waals surface area (Å²) in [5.74, 6) is 0.588. The molecule has 29 heavy (non-hydrogen) atoms. The van der Waals surface area contributed by atoms with Gasteiger partial charge in [0, 0.05) is 20.6 Å². The molecule has 0 saturated heterocycles. The number of rotatable bonds is 4. The van der Waals surface area contributed by atoms with Crippen LogP contribution in [-0.2, 0) is 20.6 Å². The summed E-state index contributed by atoms with van der Waals surface area (Å²) in [5.41, 5.74) is 2.55. The van der Waals surface area contributed by atoms with Crippen LogP contribution in [0, 0.1) is 0 Å². The third-order valence-corrected chi connectivity index (χ3v) is 4.89. The first kappa shape index (κ1) is 18.7. The van der Waals surface area contributed by atoms with Gasteiger partial charge in [0.2, 0.25) is 0 Å². The zero-order chi connectivity index (χ0) is 20.5. The summed E-state index contributed by atoms with van der Waals surface area (Å²) in [4.78, 5) is 29.9. The minimum atomic E-state index is -0.408. The maximum Gasteiger partial charge on any atom is 0.332 e. The Balaban J connectivity index is 1.95. The van der Waals surface area contributed by atoms with E-state index in [1.54, 1.807) is 7.05 Å². The Labute approximate surface area is 168 Å². The number of fused-ring (bicyclic) bond motifs is 1. The Morgan fingerprint density at radius 2 is 1.72 bits per heavy atom. The summed E-state index contributed by atoms with van der Waals surface area (Å²) in [6.45, 7) is 0.406. The van der Waals surface area contributed by atoms with Gasteiger partial charge in [0.25, 0.3) is 5.56 Å². The second-order valence-electron chi connectivity index (χ2n) is 6.92. The van der Waals surface area contributed by atoms with Crippen molar-refractivity contribution in [3.63, 3.8) is 0 Å². The molecule has 2 radical (unpaired) electrons. The summed E-state index contributed by atoms with van der Waals surface area (Å²) in [7, 11) is 9.01. The van der Waals surface area contributed by atoms with Gasteiger partial charge in [-0.05, 0) is 17.2 Å². The standard InChI is InChI=1S/C22H19BN4O2/c1-25-20-19(21(28)26(2)22(25)29)27(14-16-9-6-10-17(23)13-16)18(24-20)12-11-15-7-4-3-5-8-15/h3-13H,14H2,1-2H3/b12-11+. The number of benzene rings is 2. The average Bonchev–Trinajstić information content (AvgIpc) is 3.08. The molecule has 0 bridgehead atoms. The number of nitrogens with zero attached hydrogens (tertiary/aromatic N) is 4. The summed E-state index contributed by atoms with van der Waals surface area (Å²) in [6, 6.07) is 17.3. The Hall–Kier alpha value is -3.61. The fourth-order valence-corrected chi connectivity index (χ4v) is 3.36. The van der Waals surface area contributed by atoms with Gasteiger partial charge in [-0.2, -0.15) is 0 Å². The molecule has 0 fully saturated rings. The second-order valence-corrected chi connectivity index (χ2v) is 6.92. The fraction of sp³-hybridized carbons (Fsp3) is 0.136. The summed E-state index contributed by atoms with van der Waals surface area (Å²) < 4.78 is 4.32. The van der Waals surface area contributed by atoms with Crippen molar-refractivity contribution >= 4 is 36.6 Å². The topological polar surface area (TPSA) is 61.8 Å². The van der Waals surface area contributed by atoms with Crippen molar-refractivity contribution in [1.29, 1.82) is 0 Å². The van der Waals surface area contributed by atoms with Crippen LogP contribution in [0.3, 0.4) is 0 Å². The Morgan fingerprint density at radius 1 is 0.966 bits per heavy atom. The predicted octanol–water partition coefficient (Wildman–Crippen LogP) is 1.45. The van der Waals surface area contributed by atoms with Crippen LogP contribution in [0.1, 0.15) is 17.0 Å². The van der Waals surface area contributed by atoms with Crippen molar-refractivity contribution in [3.05, 3.63) is 92.4 Å². The van der Waals surface area contributed by atoms with Gasteiger partial charge in [0.05, 0.1) is 0 Å². The smallest absolute Gasteiger partial charge is 0.314 e. The van der Waals surface area contributed by atoms with Gasteiger partial charge in [-0.15, -0.1) is 0 Å². The number of hydrogen-bond acceptors (Lipinski definition) is 3. The molecule has 4 rings (SSSR count). The lowest BCUT2D eigenvalue weighted by atomic mass is 9.94. The molecule has 2 heterocycles. The van der Waals surface area contributed by atoms with Crippen molar-refractivity contribution in [2.75, 3.05) is 0 Å². The van der Waals surface area contributed by atoms with Gasteiger partial charge in [0.15, 0.2) is 11.2 Å². The number of aryl methyl sites for hydroxylation is 1. The molecule has 0 saturated carbocycles. The highest BCUT2D eigenvalue weighted by Crippen LogP contribution is 2.16. The zero-order valence-corrected chi connectivity index (χ0v) is 16.2. The first-order chi connectivity index (χ1) is 14.0. The van der Waals surface area contributed by atoms with E-state index in [-0.39, 0.29) is 5.56 Å². The van der Waals surface area contributed by atoms with Crippen molar-refractivity contribution in [2.24, 2.45) is 14.1 Å². The third-order valence-electron chi connectivity index (χ3n) is 4.89. The van der Waals surface area contributed by atoms with Crippen LogP contribution in [0.5, 0.6) is 0 Å². The van der Waals surface area contributed by atoms with Crippen LogP contribution in [0.15, 0.2) is 64.2 Å². The van der Waals surface area contributed by atoms with E-state index < -0.39 is 5.69 Å². The highest BCUT2D eigenvalue weighted by atomic mass is 16.2. The number of imidazole rings is 1. The van der Waals surface area contributed by atoms with Gasteiger partial charge in [-0.25, -0.2) is 9.78 Å². The molecule has 0 aliphatic carbocycles. The molecule has 0 spiro atoms. The van der Waals surface area contributed by atoms with Crippen LogP contribution >= 0.6 is 0 Å². The van der Waals surface area contributed by atoms with E-state index in [4.69, 9.17) is 7.85 Å². The maximum absolute atomic E-state index is 12.9. The van der Waals surface area contributed by atoms with Crippen molar-refractivity contribution in [2.45, 2.75) is 6.54 Å². The monoisotopic (exact) mass is 382 g/mol. The van der Waals surface area contributed by atoms with Gasteiger partial charge >= 0.3 is 5.69 Å². The predicted molar refractivity (Wildman–Crippen MR) is 117 cm³/mol. The van der Waals surface area contributed by atoms with Crippen molar-refractivity contribution in [1.82, 2.24) is 18.7 Å². The molecule has 0 unspecified atom stereocenters. The highest BCUT2D eigenvalue weighted by molar-refractivity contribution is 6.32. The molecular weight excluding hydrogens is 363 g/mol. The fourth-order valence-electron chi connectivity index (χ4n) is 3.36. The summed E-state index contributed by atoms with van der Waals surface area (Å²) >= 11 is 0. The SMILES string of the molecule is [B]c1cccc(Cn2c(/C=C/c3ccccc3)nc3c2c(=O)n(C)c(=O)n3C)c1. The van der Waals surface area contributed by atoms with Gasteiger partial charge in [-0.3, -0.25) is 13.9 Å². The molecule has 0 atom stereocenters.